The number of nitrogens with zero attached hydrogens (tertiary/aromatic N) is 1. The van der Waals surface area contributed by atoms with Crippen molar-refractivity contribution in [3.8, 4) is 17.6 Å². The number of nitriles is 1. The summed E-state index contributed by atoms with van der Waals surface area (Å²) in [6.45, 7) is 0. The number of benzene rings is 1. The quantitative estimate of drug-likeness (QED) is 0.924. The third-order valence-electron chi connectivity index (χ3n) is 5.56. The van der Waals surface area contributed by atoms with Gasteiger partial charge in [0.05, 0.1) is 31.6 Å². The zero-order chi connectivity index (χ0) is 16.6. The third kappa shape index (κ3) is 2.52. The Morgan fingerprint density at radius 3 is 2.30 bits per heavy atom. The Balaban J connectivity index is 1.88. The number of carbonyl (C=O) groups is 1. The van der Waals surface area contributed by atoms with E-state index in [4.69, 9.17) is 9.47 Å². The lowest BCUT2D eigenvalue weighted by Gasteiger charge is -2.24. The van der Waals surface area contributed by atoms with Gasteiger partial charge in [-0.15, -0.1) is 0 Å². The number of carboxylic acids is 1. The van der Waals surface area contributed by atoms with Crippen LogP contribution < -0.4 is 9.47 Å². The summed E-state index contributed by atoms with van der Waals surface area (Å²) in [6, 6.07) is 8.16. The van der Waals surface area contributed by atoms with Gasteiger partial charge in [-0.2, -0.15) is 5.26 Å². The van der Waals surface area contributed by atoms with Gasteiger partial charge in [-0.1, -0.05) is 6.07 Å². The molecule has 2 aliphatic carbocycles. The molecule has 0 saturated heterocycles. The van der Waals surface area contributed by atoms with E-state index in [0.29, 0.717) is 36.2 Å². The van der Waals surface area contributed by atoms with Gasteiger partial charge in [-0.3, -0.25) is 4.79 Å². The van der Waals surface area contributed by atoms with Crippen LogP contribution in [-0.4, -0.2) is 25.3 Å². The summed E-state index contributed by atoms with van der Waals surface area (Å²) in [5.74, 6) is 0.974. The standard InChI is InChI=1S/C18H21NO4/c1-22-15-4-3-14(7-16(15)23-2)18(10-19)8-12-5-11(17(20)21)6-13(12)9-18/h3-4,7,11-13H,5-6,8-9H2,1-2H3,(H,20,21)/t11?,12-,13+,18?. The Morgan fingerprint density at radius 1 is 1.22 bits per heavy atom. The van der Waals surface area contributed by atoms with Crippen LogP contribution in [0.1, 0.15) is 31.2 Å². The minimum atomic E-state index is -0.701. The molecule has 0 aliphatic heterocycles. The summed E-state index contributed by atoms with van der Waals surface area (Å²) in [4.78, 5) is 11.2. The predicted molar refractivity (Wildman–Crippen MR) is 83.4 cm³/mol. The van der Waals surface area contributed by atoms with Gasteiger partial charge in [0, 0.05) is 0 Å². The maximum atomic E-state index is 11.2. The minimum absolute atomic E-state index is 0.243. The zero-order valence-corrected chi connectivity index (χ0v) is 13.4. The molecule has 0 aromatic heterocycles. The van der Waals surface area contributed by atoms with E-state index in [2.05, 4.69) is 6.07 Å². The monoisotopic (exact) mass is 315 g/mol. The topological polar surface area (TPSA) is 79.5 Å². The number of hydrogen-bond acceptors (Lipinski definition) is 4. The molecule has 5 heteroatoms. The summed E-state index contributed by atoms with van der Waals surface area (Å²) in [6.07, 6.45) is 2.84. The lowest BCUT2D eigenvalue weighted by molar-refractivity contribution is -0.141. The number of carboxylic acid groups (broad SMARTS) is 1. The summed E-state index contributed by atoms with van der Waals surface area (Å²) in [5.41, 5.74) is 0.400. The van der Waals surface area contributed by atoms with E-state index in [0.717, 1.165) is 18.4 Å². The molecule has 0 spiro atoms. The Kier molecular flexibility index (Phi) is 3.93. The normalized spacial score (nSPS) is 32.1. The average Bonchev–Trinajstić information content (AvgIpc) is 3.10. The van der Waals surface area contributed by atoms with Crippen molar-refractivity contribution in [3.63, 3.8) is 0 Å². The van der Waals surface area contributed by atoms with E-state index in [1.165, 1.54) is 0 Å². The lowest BCUT2D eigenvalue weighted by Crippen LogP contribution is -2.22. The number of aliphatic carboxylic acids is 1. The molecule has 2 aliphatic rings. The first-order valence-electron chi connectivity index (χ1n) is 7.89. The summed E-state index contributed by atoms with van der Waals surface area (Å²) >= 11 is 0. The van der Waals surface area contributed by atoms with Gasteiger partial charge < -0.3 is 14.6 Å². The van der Waals surface area contributed by atoms with Gasteiger partial charge in [0.1, 0.15) is 0 Å². The first kappa shape index (κ1) is 15.7. The van der Waals surface area contributed by atoms with Gasteiger partial charge in [-0.05, 0) is 55.2 Å². The van der Waals surface area contributed by atoms with Gasteiger partial charge in [0.2, 0.25) is 0 Å². The lowest BCUT2D eigenvalue weighted by atomic mass is 9.77. The molecule has 122 valence electrons. The fourth-order valence-electron chi connectivity index (χ4n) is 4.42. The Hall–Kier alpha value is -2.22. The van der Waals surface area contributed by atoms with Crippen molar-refractivity contribution in [2.45, 2.75) is 31.1 Å². The highest BCUT2D eigenvalue weighted by Crippen LogP contribution is 2.56. The molecule has 0 radical (unpaired) electrons. The molecule has 3 rings (SSSR count). The van der Waals surface area contributed by atoms with Crippen molar-refractivity contribution in [2.75, 3.05) is 14.2 Å². The van der Waals surface area contributed by atoms with E-state index in [1.807, 2.05) is 18.2 Å². The fraction of sp³-hybridized carbons (Fsp3) is 0.556. The van der Waals surface area contributed by atoms with Crippen LogP contribution in [0.3, 0.4) is 0 Å². The van der Waals surface area contributed by atoms with Crippen LogP contribution in [0, 0.1) is 29.1 Å². The van der Waals surface area contributed by atoms with Gasteiger partial charge in [0.15, 0.2) is 11.5 Å². The van der Waals surface area contributed by atoms with Crippen LogP contribution in [0.2, 0.25) is 0 Å². The fourth-order valence-corrected chi connectivity index (χ4v) is 4.42. The van der Waals surface area contributed by atoms with Crippen molar-refractivity contribution in [1.82, 2.24) is 0 Å². The van der Waals surface area contributed by atoms with Gasteiger partial charge >= 0.3 is 5.97 Å². The van der Waals surface area contributed by atoms with Crippen molar-refractivity contribution >= 4 is 5.97 Å². The van der Waals surface area contributed by atoms with Crippen LogP contribution >= 0.6 is 0 Å². The number of rotatable bonds is 4. The molecule has 2 saturated carbocycles. The largest absolute Gasteiger partial charge is 0.493 e. The molecule has 1 aromatic rings. The van der Waals surface area contributed by atoms with Crippen molar-refractivity contribution in [1.29, 1.82) is 5.26 Å². The van der Waals surface area contributed by atoms with Crippen molar-refractivity contribution in [2.24, 2.45) is 17.8 Å². The second-order valence-electron chi connectivity index (χ2n) is 6.70. The molecule has 0 heterocycles. The molecular weight excluding hydrogens is 294 g/mol. The molecule has 2 unspecified atom stereocenters. The molecular formula is C18H21NO4. The predicted octanol–water partition coefficient (Wildman–Crippen LogP) is 2.99. The Bertz CT molecular complexity index is 649. The van der Waals surface area contributed by atoms with Gasteiger partial charge in [-0.25, -0.2) is 0 Å². The maximum absolute atomic E-state index is 11.2. The van der Waals surface area contributed by atoms with E-state index in [1.54, 1.807) is 14.2 Å². The second kappa shape index (κ2) is 5.77. The van der Waals surface area contributed by atoms with Crippen molar-refractivity contribution in [3.05, 3.63) is 23.8 Å². The van der Waals surface area contributed by atoms with Crippen LogP contribution in [0.15, 0.2) is 18.2 Å². The number of hydrogen-bond donors (Lipinski definition) is 1. The zero-order valence-electron chi connectivity index (χ0n) is 13.4. The molecule has 23 heavy (non-hydrogen) atoms. The minimum Gasteiger partial charge on any atom is -0.493 e. The molecule has 1 N–H and O–H groups in total. The van der Waals surface area contributed by atoms with E-state index in [9.17, 15) is 15.2 Å². The second-order valence-corrected chi connectivity index (χ2v) is 6.70. The van der Waals surface area contributed by atoms with Crippen LogP contribution in [0.5, 0.6) is 11.5 Å². The molecule has 0 bridgehead atoms. The van der Waals surface area contributed by atoms with E-state index < -0.39 is 11.4 Å². The number of methoxy groups -OCH3 is 2. The van der Waals surface area contributed by atoms with Crippen molar-refractivity contribution < 1.29 is 19.4 Å². The number of fused-ring (bicyclic) bond motifs is 1. The molecule has 1 aromatic carbocycles. The van der Waals surface area contributed by atoms with Crippen LogP contribution in [0.4, 0.5) is 0 Å². The first-order valence-corrected chi connectivity index (χ1v) is 7.89. The molecule has 0 amide bonds. The van der Waals surface area contributed by atoms with Crippen LogP contribution in [-0.2, 0) is 10.2 Å². The Morgan fingerprint density at radius 2 is 1.83 bits per heavy atom. The van der Waals surface area contributed by atoms with Gasteiger partial charge in [0.25, 0.3) is 0 Å². The molecule has 2 fully saturated rings. The van der Waals surface area contributed by atoms with E-state index >= 15 is 0 Å². The molecule has 5 nitrogen and oxygen atoms in total. The highest BCUT2D eigenvalue weighted by atomic mass is 16.5. The highest BCUT2D eigenvalue weighted by molar-refractivity contribution is 5.70. The maximum Gasteiger partial charge on any atom is 0.306 e. The summed E-state index contributed by atoms with van der Waals surface area (Å²) in [7, 11) is 3.17. The number of ether oxygens (including phenoxy) is 2. The smallest absolute Gasteiger partial charge is 0.306 e. The van der Waals surface area contributed by atoms with Crippen LogP contribution in [0.25, 0.3) is 0 Å². The summed E-state index contributed by atoms with van der Waals surface area (Å²) in [5, 5.41) is 19.1. The Labute approximate surface area is 135 Å². The highest BCUT2D eigenvalue weighted by Gasteiger charge is 2.52. The van der Waals surface area contributed by atoms with E-state index in [-0.39, 0.29) is 5.92 Å². The average molecular weight is 315 g/mol. The third-order valence-corrected chi connectivity index (χ3v) is 5.56. The SMILES string of the molecule is COc1ccc(C2(C#N)C[C@H]3CC(C(=O)O)C[C@H]3C2)cc1OC. The summed E-state index contributed by atoms with van der Waals surface area (Å²) < 4.78 is 10.6. The molecule has 4 atom stereocenters. The first-order chi connectivity index (χ1) is 11.0.